The quantitative estimate of drug-likeness (QED) is 0.523. The Labute approximate surface area is 149 Å². The zero-order valence-electron chi connectivity index (χ0n) is 13.0. The van der Waals surface area contributed by atoms with Crippen molar-refractivity contribution in [1.82, 2.24) is 0 Å². The molecule has 0 atom stereocenters. The molecule has 6 nitrogen and oxygen atoms in total. The van der Waals surface area contributed by atoms with Crippen LogP contribution in [-0.2, 0) is 10.1 Å². The second-order valence-electron chi connectivity index (χ2n) is 5.38. The number of azo groups is 1. The van der Waals surface area contributed by atoms with Gasteiger partial charge in [-0.15, -0.1) is 10.2 Å². The number of nitrogens with zero attached hydrogens (tertiary/aromatic N) is 2. The van der Waals surface area contributed by atoms with E-state index in [0.29, 0.717) is 10.9 Å². The Morgan fingerprint density at radius 3 is 2.52 bits per heavy atom. The fraction of sp³-hybridized carbons (Fsp3) is 0.0588. The first-order valence-corrected chi connectivity index (χ1v) is 8.94. The molecule has 3 aromatic carbocycles. The number of phenolic OH excluding ortho intramolecular Hbond substituents is 1. The van der Waals surface area contributed by atoms with Crippen LogP contribution in [0.5, 0.6) is 5.75 Å². The standard InChI is InChI=1S/C17H13ClN2O4S/c1-10-8-14(16(9-13(10)18)25(22,23)24)19-20-17-12-5-3-2-4-11(12)6-7-15(17)21/h2-9,21H,1H3,(H,22,23,24)/p-1. The van der Waals surface area contributed by atoms with E-state index < -0.39 is 15.0 Å². The summed E-state index contributed by atoms with van der Waals surface area (Å²) >= 11 is 5.90. The molecule has 1 N–H and O–H groups in total. The zero-order valence-corrected chi connectivity index (χ0v) is 14.5. The maximum atomic E-state index is 11.4. The topological polar surface area (TPSA) is 102 Å². The van der Waals surface area contributed by atoms with Gasteiger partial charge in [-0.2, -0.15) is 0 Å². The van der Waals surface area contributed by atoms with Gasteiger partial charge in [0.1, 0.15) is 27.2 Å². The van der Waals surface area contributed by atoms with Gasteiger partial charge in [0, 0.05) is 10.4 Å². The molecule has 128 valence electrons. The molecule has 0 aliphatic rings. The molecule has 0 heterocycles. The third kappa shape index (κ3) is 3.48. The van der Waals surface area contributed by atoms with Gasteiger partial charge in [0.25, 0.3) is 0 Å². The number of phenols is 1. The second-order valence-corrected chi connectivity index (χ2v) is 7.13. The normalized spacial score (nSPS) is 12.1. The lowest BCUT2D eigenvalue weighted by Crippen LogP contribution is -1.99. The van der Waals surface area contributed by atoms with E-state index in [1.54, 1.807) is 25.1 Å². The van der Waals surface area contributed by atoms with Crippen molar-refractivity contribution in [1.29, 1.82) is 0 Å². The molecule has 0 bridgehead atoms. The number of hydrogen-bond acceptors (Lipinski definition) is 6. The van der Waals surface area contributed by atoms with Crippen LogP contribution in [0.4, 0.5) is 11.4 Å². The molecule has 0 radical (unpaired) electrons. The van der Waals surface area contributed by atoms with E-state index in [1.807, 2.05) is 12.1 Å². The predicted molar refractivity (Wildman–Crippen MR) is 93.9 cm³/mol. The molecule has 8 heteroatoms. The van der Waals surface area contributed by atoms with Crippen molar-refractivity contribution >= 4 is 43.9 Å². The smallest absolute Gasteiger partial charge is 0.143 e. The summed E-state index contributed by atoms with van der Waals surface area (Å²) in [5.74, 6) is -0.111. The number of hydrogen-bond donors (Lipinski definition) is 1. The van der Waals surface area contributed by atoms with E-state index in [-0.39, 0.29) is 22.1 Å². The van der Waals surface area contributed by atoms with Crippen LogP contribution >= 0.6 is 11.6 Å². The van der Waals surface area contributed by atoms with Gasteiger partial charge in [0.2, 0.25) is 0 Å². The van der Waals surface area contributed by atoms with E-state index >= 15 is 0 Å². The predicted octanol–water partition coefficient (Wildman–Crippen LogP) is 4.83. The summed E-state index contributed by atoms with van der Waals surface area (Å²) in [6, 6.07) is 12.8. The van der Waals surface area contributed by atoms with Crippen molar-refractivity contribution in [2.75, 3.05) is 0 Å². The average molecular weight is 376 g/mol. The van der Waals surface area contributed by atoms with Gasteiger partial charge in [0.05, 0.1) is 4.90 Å². The van der Waals surface area contributed by atoms with Crippen LogP contribution in [0.15, 0.2) is 63.7 Å². The Balaban J connectivity index is 2.19. The molecule has 25 heavy (non-hydrogen) atoms. The van der Waals surface area contributed by atoms with Gasteiger partial charge in [-0.3, -0.25) is 0 Å². The lowest BCUT2D eigenvalue weighted by atomic mass is 10.1. The fourth-order valence-electron chi connectivity index (χ4n) is 2.38. The number of rotatable bonds is 3. The van der Waals surface area contributed by atoms with Gasteiger partial charge < -0.3 is 9.66 Å². The summed E-state index contributed by atoms with van der Waals surface area (Å²) in [5, 5.41) is 19.5. The summed E-state index contributed by atoms with van der Waals surface area (Å²) in [4.78, 5) is -0.563. The molecule has 0 unspecified atom stereocenters. The molecular weight excluding hydrogens is 364 g/mol. The maximum absolute atomic E-state index is 11.4. The summed E-state index contributed by atoms with van der Waals surface area (Å²) < 4.78 is 34.3. The van der Waals surface area contributed by atoms with Gasteiger partial charge in [-0.1, -0.05) is 41.9 Å². The Kier molecular flexibility index (Phi) is 4.47. The van der Waals surface area contributed by atoms with Gasteiger partial charge in [0.15, 0.2) is 0 Å². The minimum atomic E-state index is -4.78. The first-order valence-electron chi connectivity index (χ1n) is 7.16. The summed E-state index contributed by atoms with van der Waals surface area (Å²) in [7, 11) is -4.78. The van der Waals surface area contributed by atoms with Crippen molar-refractivity contribution in [2.45, 2.75) is 11.8 Å². The van der Waals surface area contributed by atoms with E-state index in [4.69, 9.17) is 11.6 Å². The van der Waals surface area contributed by atoms with Crippen LogP contribution in [0.2, 0.25) is 5.02 Å². The Morgan fingerprint density at radius 1 is 1.08 bits per heavy atom. The Morgan fingerprint density at radius 2 is 1.80 bits per heavy atom. The molecule has 0 aliphatic carbocycles. The Hall–Kier alpha value is -2.48. The highest BCUT2D eigenvalue weighted by molar-refractivity contribution is 7.86. The molecule has 3 aromatic rings. The van der Waals surface area contributed by atoms with Crippen LogP contribution in [0, 0.1) is 6.92 Å². The largest absolute Gasteiger partial charge is 0.744 e. The Bertz CT molecular complexity index is 1110. The second kappa shape index (κ2) is 6.44. The molecule has 0 aliphatic heterocycles. The number of aryl methyl sites for hydroxylation is 1. The number of fused-ring (bicyclic) bond motifs is 1. The van der Waals surface area contributed by atoms with Crippen molar-refractivity contribution in [2.24, 2.45) is 10.2 Å². The van der Waals surface area contributed by atoms with E-state index in [0.717, 1.165) is 11.5 Å². The van der Waals surface area contributed by atoms with Crippen molar-refractivity contribution in [3.8, 4) is 5.75 Å². The number of benzene rings is 3. The molecule has 0 amide bonds. The first kappa shape index (κ1) is 17.3. The summed E-state index contributed by atoms with van der Waals surface area (Å²) in [5.41, 5.74) is 0.592. The number of halogens is 1. The van der Waals surface area contributed by atoms with E-state index in [9.17, 15) is 18.1 Å². The highest BCUT2D eigenvalue weighted by Crippen LogP contribution is 2.37. The zero-order chi connectivity index (χ0) is 18.2. The highest BCUT2D eigenvalue weighted by Gasteiger charge is 2.13. The monoisotopic (exact) mass is 375 g/mol. The summed E-state index contributed by atoms with van der Waals surface area (Å²) in [6.45, 7) is 1.65. The molecule has 0 fully saturated rings. The number of aromatic hydroxyl groups is 1. The van der Waals surface area contributed by atoms with Crippen molar-refractivity contribution in [3.05, 3.63) is 59.1 Å². The summed E-state index contributed by atoms with van der Waals surface area (Å²) in [6.07, 6.45) is 0. The third-order valence-electron chi connectivity index (χ3n) is 3.65. The molecular formula is C17H12ClN2O4S-. The van der Waals surface area contributed by atoms with Crippen LogP contribution in [0.1, 0.15) is 5.56 Å². The van der Waals surface area contributed by atoms with Crippen LogP contribution in [-0.4, -0.2) is 18.1 Å². The highest BCUT2D eigenvalue weighted by atomic mass is 35.5. The van der Waals surface area contributed by atoms with Crippen LogP contribution < -0.4 is 0 Å². The van der Waals surface area contributed by atoms with Gasteiger partial charge in [-0.25, -0.2) is 8.42 Å². The van der Waals surface area contributed by atoms with Gasteiger partial charge >= 0.3 is 0 Å². The van der Waals surface area contributed by atoms with Crippen LogP contribution in [0.25, 0.3) is 10.8 Å². The van der Waals surface area contributed by atoms with Crippen molar-refractivity contribution < 1.29 is 18.1 Å². The minimum absolute atomic E-state index is 0.111. The van der Waals surface area contributed by atoms with E-state index in [2.05, 4.69) is 10.2 Å². The lowest BCUT2D eigenvalue weighted by Gasteiger charge is -2.11. The third-order valence-corrected chi connectivity index (χ3v) is 4.92. The molecule has 0 saturated heterocycles. The SMILES string of the molecule is Cc1cc(N=Nc2c(O)ccc3ccccc23)c(S(=O)(=O)[O-])cc1Cl. The van der Waals surface area contributed by atoms with E-state index in [1.165, 1.54) is 12.1 Å². The molecule has 0 saturated carbocycles. The fourth-order valence-corrected chi connectivity index (χ4v) is 3.23. The molecule has 0 spiro atoms. The van der Waals surface area contributed by atoms with Gasteiger partial charge in [-0.05, 0) is 36.1 Å². The van der Waals surface area contributed by atoms with Crippen LogP contribution in [0.3, 0.4) is 0 Å². The molecule has 0 aromatic heterocycles. The van der Waals surface area contributed by atoms with Crippen molar-refractivity contribution in [3.63, 3.8) is 0 Å². The average Bonchev–Trinajstić information content (AvgIpc) is 2.55. The first-order chi connectivity index (χ1) is 11.8. The lowest BCUT2D eigenvalue weighted by molar-refractivity contribution is 0.463. The maximum Gasteiger partial charge on any atom is 0.143 e. The minimum Gasteiger partial charge on any atom is -0.744 e. The molecule has 3 rings (SSSR count).